The Bertz CT molecular complexity index is 1130. The standard InChI is InChI=1S/C21H26N2O4S.C2HF3O2/c1-16-3-5-20(6-4-16)28(24,25)23-14-21(15-23)11-19(8-10-27-21)26-13-18-12-22-9-7-17(18)2;3-2(4,5)1(6)7/h3-7,9,12,19H,8,10-11,13-15H2,1-2H3;(H,6,7). The highest BCUT2D eigenvalue weighted by Crippen LogP contribution is 2.38. The second-order valence-corrected chi connectivity index (χ2v) is 10.6. The Labute approximate surface area is 201 Å². The predicted octanol–water partition coefficient (Wildman–Crippen LogP) is 3.47. The fourth-order valence-corrected chi connectivity index (χ4v) is 5.42. The van der Waals surface area contributed by atoms with Crippen molar-refractivity contribution in [3.8, 4) is 0 Å². The van der Waals surface area contributed by atoms with Gasteiger partial charge in [-0.3, -0.25) is 4.98 Å². The van der Waals surface area contributed by atoms with E-state index in [0.717, 1.165) is 23.1 Å². The first-order chi connectivity index (χ1) is 16.3. The lowest BCUT2D eigenvalue weighted by Crippen LogP contribution is -2.67. The van der Waals surface area contributed by atoms with E-state index in [2.05, 4.69) is 4.98 Å². The maximum absolute atomic E-state index is 12.8. The van der Waals surface area contributed by atoms with Gasteiger partial charge in [-0.15, -0.1) is 0 Å². The monoisotopic (exact) mass is 516 g/mol. The van der Waals surface area contributed by atoms with Gasteiger partial charge < -0.3 is 14.6 Å². The maximum Gasteiger partial charge on any atom is 0.490 e. The molecular weight excluding hydrogens is 489 g/mol. The van der Waals surface area contributed by atoms with Crippen LogP contribution >= 0.6 is 0 Å². The largest absolute Gasteiger partial charge is 0.490 e. The SMILES string of the molecule is Cc1ccc(S(=O)(=O)N2CC3(CC(OCc4cnccc4C)CCO3)C2)cc1.O=C(O)C(F)(F)F. The molecule has 12 heteroatoms. The van der Waals surface area contributed by atoms with Gasteiger partial charge in [0.15, 0.2) is 0 Å². The van der Waals surface area contributed by atoms with E-state index in [4.69, 9.17) is 19.4 Å². The molecule has 192 valence electrons. The van der Waals surface area contributed by atoms with Crippen molar-refractivity contribution in [2.24, 2.45) is 0 Å². The van der Waals surface area contributed by atoms with E-state index >= 15 is 0 Å². The zero-order chi connectivity index (χ0) is 25.9. The molecule has 2 saturated heterocycles. The van der Waals surface area contributed by atoms with Gasteiger partial charge in [0, 0.05) is 38.5 Å². The Balaban J connectivity index is 0.000000429. The van der Waals surface area contributed by atoms with Gasteiger partial charge in [0.05, 0.1) is 23.2 Å². The van der Waals surface area contributed by atoms with Crippen molar-refractivity contribution in [3.05, 3.63) is 59.4 Å². The average Bonchev–Trinajstić information content (AvgIpc) is 2.77. The lowest BCUT2D eigenvalue weighted by atomic mass is 9.86. The summed E-state index contributed by atoms with van der Waals surface area (Å²) in [6.07, 6.45) is 0.138. The summed E-state index contributed by atoms with van der Waals surface area (Å²) < 4.78 is 71.0. The highest BCUT2D eigenvalue weighted by molar-refractivity contribution is 7.89. The number of rotatable bonds is 5. The summed E-state index contributed by atoms with van der Waals surface area (Å²) in [5.74, 6) is -2.76. The fraction of sp³-hybridized carbons (Fsp3) is 0.478. The van der Waals surface area contributed by atoms with Crippen molar-refractivity contribution in [1.82, 2.24) is 9.29 Å². The van der Waals surface area contributed by atoms with E-state index in [1.807, 2.05) is 38.2 Å². The predicted molar refractivity (Wildman–Crippen MR) is 119 cm³/mol. The first kappa shape index (κ1) is 27.1. The molecule has 2 fully saturated rings. The molecule has 35 heavy (non-hydrogen) atoms. The van der Waals surface area contributed by atoms with Crippen LogP contribution in [0.4, 0.5) is 13.2 Å². The van der Waals surface area contributed by atoms with Crippen molar-refractivity contribution in [2.45, 2.75) is 56.1 Å². The molecular formula is C23H27F3N2O6S. The summed E-state index contributed by atoms with van der Waals surface area (Å²) in [4.78, 5) is 13.4. The Morgan fingerprint density at radius 3 is 2.43 bits per heavy atom. The van der Waals surface area contributed by atoms with Crippen molar-refractivity contribution in [1.29, 1.82) is 0 Å². The van der Waals surface area contributed by atoms with E-state index in [-0.39, 0.29) is 6.10 Å². The number of nitrogens with zero attached hydrogens (tertiary/aromatic N) is 2. The maximum atomic E-state index is 12.8. The van der Waals surface area contributed by atoms with Gasteiger partial charge in [0.25, 0.3) is 0 Å². The number of aromatic nitrogens is 1. The summed E-state index contributed by atoms with van der Waals surface area (Å²) in [5, 5.41) is 7.12. The summed E-state index contributed by atoms with van der Waals surface area (Å²) in [5.41, 5.74) is 2.86. The Hall–Kier alpha value is -2.54. The number of carboxylic acid groups (broad SMARTS) is 1. The van der Waals surface area contributed by atoms with E-state index in [9.17, 15) is 21.6 Å². The molecule has 8 nitrogen and oxygen atoms in total. The number of sulfonamides is 1. The molecule has 1 atom stereocenters. The van der Waals surface area contributed by atoms with Crippen LogP contribution in [0.2, 0.25) is 0 Å². The van der Waals surface area contributed by atoms with Crippen LogP contribution in [0.25, 0.3) is 0 Å². The summed E-state index contributed by atoms with van der Waals surface area (Å²) >= 11 is 0. The number of carboxylic acids is 1. The lowest BCUT2D eigenvalue weighted by Gasteiger charge is -2.52. The number of aliphatic carboxylic acids is 1. The van der Waals surface area contributed by atoms with E-state index < -0.39 is 27.8 Å². The van der Waals surface area contributed by atoms with Crippen LogP contribution < -0.4 is 0 Å². The molecule has 2 aliphatic heterocycles. The first-order valence-electron chi connectivity index (χ1n) is 10.8. The molecule has 0 aliphatic carbocycles. The molecule has 0 amide bonds. The van der Waals surface area contributed by atoms with Gasteiger partial charge in [-0.2, -0.15) is 17.5 Å². The van der Waals surface area contributed by atoms with Crippen molar-refractivity contribution >= 4 is 16.0 Å². The highest BCUT2D eigenvalue weighted by atomic mass is 32.2. The number of aryl methyl sites for hydroxylation is 2. The normalized spacial score (nSPS) is 20.0. The zero-order valence-electron chi connectivity index (χ0n) is 19.3. The number of carbonyl (C=O) groups is 1. The molecule has 4 rings (SSSR count). The van der Waals surface area contributed by atoms with Crippen LogP contribution in [0.15, 0.2) is 47.6 Å². The smallest absolute Gasteiger partial charge is 0.475 e. The third-order valence-electron chi connectivity index (χ3n) is 5.90. The van der Waals surface area contributed by atoms with E-state index in [0.29, 0.717) is 37.6 Å². The zero-order valence-corrected chi connectivity index (χ0v) is 20.1. The fourth-order valence-electron chi connectivity index (χ4n) is 3.83. The number of benzene rings is 1. The third kappa shape index (κ3) is 6.78. The van der Waals surface area contributed by atoms with Crippen molar-refractivity contribution in [2.75, 3.05) is 19.7 Å². The number of hydrogen-bond acceptors (Lipinski definition) is 6. The van der Waals surface area contributed by atoms with E-state index in [1.54, 1.807) is 18.3 Å². The minimum atomic E-state index is -5.08. The number of halogens is 3. The van der Waals surface area contributed by atoms with Gasteiger partial charge in [0.2, 0.25) is 10.0 Å². The van der Waals surface area contributed by atoms with Crippen LogP contribution in [0.1, 0.15) is 29.5 Å². The van der Waals surface area contributed by atoms with Gasteiger partial charge in [-0.1, -0.05) is 17.7 Å². The molecule has 1 spiro atoms. The first-order valence-corrected chi connectivity index (χ1v) is 12.3. The quantitative estimate of drug-likeness (QED) is 0.649. The van der Waals surface area contributed by atoms with Gasteiger partial charge in [0.1, 0.15) is 0 Å². The molecule has 1 aromatic carbocycles. The molecule has 1 aromatic heterocycles. The summed E-state index contributed by atoms with van der Waals surface area (Å²) in [6, 6.07) is 8.96. The lowest BCUT2D eigenvalue weighted by molar-refractivity contribution is -0.192. The van der Waals surface area contributed by atoms with Gasteiger partial charge in [-0.25, -0.2) is 13.2 Å². The van der Waals surface area contributed by atoms with Crippen LogP contribution in [0.3, 0.4) is 0 Å². The second-order valence-electron chi connectivity index (χ2n) is 8.65. The average molecular weight is 517 g/mol. The van der Waals surface area contributed by atoms with Crippen molar-refractivity contribution in [3.63, 3.8) is 0 Å². The molecule has 3 heterocycles. The molecule has 0 bridgehead atoms. The Morgan fingerprint density at radius 1 is 1.23 bits per heavy atom. The minimum absolute atomic E-state index is 0.0672. The van der Waals surface area contributed by atoms with Gasteiger partial charge >= 0.3 is 12.1 Å². The number of pyridine rings is 1. The van der Waals surface area contributed by atoms with Crippen molar-refractivity contribution < 1.29 is 41.0 Å². The van der Waals surface area contributed by atoms with E-state index in [1.165, 1.54) is 4.31 Å². The number of ether oxygens (including phenoxy) is 2. The summed E-state index contributed by atoms with van der Waals surface area (Å²) in [6.45, 7) is 5.87. The number of alkyl halides is 3. The molecule has 0 saturated carbocycles. The van der Waals surface area contributed by atoms with Crippen LogP contribution in [-0.4, -0.2) is 66.4 Å². The highest BCUT2D eigenvalue weighted by Gasteiger charge is 2.52. The Morgan fingerprint density at radius 2 is 1.86 bits per heavy atom. The van der Waals surface area contributed by atoms with Crippen LogP contribution in [0.5, 0.6) is 0 Å². The molecule has 2 aromatic rings. The molecule has 2 aliphatic rings. The van der Waals surface area contributed by atoms with Gasteiger partial charge in [-0.05, 0) is 49.6 Å². The van der Waals surface area contributed by atoms with Crippen LogP contribution in [-0.2, 0) is 30.9 Å². The molecule has 0 radical (unpaired) electrons. The molecule has 1 N–H and O–H groups in total. The minimum Gasteiger partial charge on any atom is -0.475 e. The summed E-state index contributed by atoms with van der Waals surface area (Å²) in [7, 11) is -3.47. The Kier molecular flexibility index (Phi) is 8.20. The third-order valence-corrected chi connectivity index (χ3v) is 7.71. The molecule has 1 unspecified atom stereocenters. The number of hydrogen-bond donors (Lipinski definition) is 1. The topological polar surface area (TPSA) is 106 Å². The van der Waals surface area contributed by atoms with Crippen LogP contribution in [0, 0.1) is 13.8 Å². The second kappa shape index (κ2) is 10.6.